The van der Waals surface area contributed by atoms with Gasteiger partial charge in [-0.3, -0.25) is 9.59 Å². The van der Waals surface area contributed by atoms with E-state index in [0.29, 0.717) is 32.7 Å². The molecule has 1 rings (SSSR count). The lowest BCUT2D eigenvalue weighted by Gasteiger charge is -2.27. The van der Waals surface area contributed by atoms with E-state index < -0.39 is 5.97 Å². The minimum atomic E-state index is -0.833. The maximum atomic E-state index is 11.8. The lowest BCUT2D eigenvalue weighted by Crippen LogP contribution is -2.51. The van der Waals surface area contributed by atoms with Crippen LogP contribution in [0.2, 0.25) is 0 Å². The number of hydrogen-bond donors (Lipinski definition) is 2. The largest absolute Gasteiger partial charge is 0.481 e. The van der Waals surface area contributed by atoms with Crippen molar-refractivity contribution in [3.8, 4) is 0 Å². The Morgan fingerprint density at radius 2 is 2.31 bits per heavy atom. The fraction of sp³-hybridized carbons (Fsp3) is 0.800. The Bertz CT molecular complexity index is 251. The minimum Gasteiger partial charge on any atom is -0.481 e. The van der Waals surface area contributed by atoms with Gasteiger partial charge in [0.25, 0.3) is 0 Å². The highest BCUT2D eigenvalue weighted by atomic mass is 16.5. The number of carbonyl (C=O) groups excluding carboxylic acids is 1. The van der Waals surface area contributed by atoms with Gasteiger partial charge in [0.1, 0.15) is 6.04 Å². The van der Waals surface area contributed by atoms with E-state index in [4.69, 9.17) is 9.84 Å². The zero-order chi connectivity index (χ0) is 12.0. The lowest BCUT2D eigenvalue weighted by molar-refractivity contribution is -0.139. The number of carbonyl (C=O) groups is 2. The first-order chi connectivity index (χ1) is 7.61. The highest BCUT2D eigenvalue weighted by Crippen LogP contribution is 2.00. The number of rotatable bonds is 5. The second kappa shape index (κ2) is 6.44. The first-order valence-electron chi connectivity index (χ1n) is 5.39. The third kappa shape index (κ3) is 4.16. The predicted octanol–water partition coefficient (Wildman–Crippen LogP) is -0.702. The molecule has 0 radical (unpaired) electrons. The number of aliphatic carboxylic acids is 1. The number of hydrogen-bond acceptors (Lipinski definition) is 4. The highest BCUT2D eigenvalue weighted by molar-refractivity contribution is 5.82. The summed E-state index contributed by atoms with van der Waals surface area (Å²) < 4.78 is 5.19. The van der Waals surface area contributed by atoms with Crippen LogP contribution in [0.25, 0.3) is 0 Å². The SMILES string of the molecule is CN(CCCC(=O)O)C(=O)C1COCCN1. The zero-order valence-electron chi connectivity index (χ0n) is 9.44. The van der Waals surface area contributed by atoms with E-state index in [0.717, 1.165) is 0 Å². The van der Waals surface area contributed by atoms with E-state index in [9.17, 15) is 9.59 Å². The van der Waals surface area contributed by atoms with Crippen molar-refractivity contribution >= 4 is 11.9 Å². The average molecular weight is 230 g/mol. The van der Waals surface area contributed by atoms with Crippen molar-refractivity contribution in [3.63, 3.8) is 0 Å². The van der Waals surface area contributed by atoms with Crippen LogP contribution in [0.5, 0.6) is 0 Å². The molecule has 0 aliphatic carbocycles. The molecule has 2 N–H and O–H groups in total. The number of amides is 1. The number of carboxylic acid groups (broad SMARTS) is 1. The van der Waals surface area contributed by atoms with Crippen molar-refractivity contribution in [3.05, 3.63) is 0 Å². The van der Waals surface area contributed by atoms with Crippen LogP contribution < -0.4 is 5.32 Å². The molecule has 1 aliphatic heterocycles. The Kier molecular flexibility index (Phi) is 5.21. The standard InChI is InChI=1S/C10H18N2O4/c1-12(5-2-3-9(13)14)10(15)8-7-16-6-4-11-8/h8,11H,2-7H2,1H3,(H,13,14). The Morgan fingerprint density at radius 1 is 1.56 bits per heavy atom. The van der Waals surface area contributed by atoms with Gasteiger partial charge in [0.2, 0.25) is 5.91 Å². The van der Waals surface area contributed by atoms with E-state index in [1.54, 1.807) is 11.9 Å². The maximum Gasteiger partial charge on any atom is 0.303 e. The second-order valence-electron chi connectivity index (χ2n) is 3.84. The van der Waals surface area contributed by atoms with Gasteiger partial charge in [-0.25, -0.2) is 0 Å². The molecule has 0 aromatic heterocycles. The van der Waals surface area contributed by atoms with Crippen molar-refractivity contribution < 1.29 is 19.4 Å². The molecule has 0 bridgehead atoms. The maximum absolute atomic E-state index is 11.8. The van der Waals surface area contributed by atoms with Crippen LogP contribution in [0.4, 0.5) is 0 Å². The molecule has 1 heterocycles. The van der Waals surface area contributed by atoms with Crippen LogP contribution in [-0.4, -0.2) is 61.3 Å². The molecule has 92 valence electrons. The minimum absolute atomic E-state index is 0.0370. The van der Waals surface area contributed by atoms with Crippen LogP contribution in [0, 0.1) is 0 Å². The smallest absolute Gasteiger partial charge is 0.303 e. The number of nitrogens with one attached hydrogen (secondary N) is 1. The molecular formula is C10H18N2O4. The molecule has 0 spiro atoms. The molecule has 6 nitrogen and oxygen atoms in total. The van der Waals surface area contributed by atoms with Gasteiger partial charge in [-0.2, -0.15) is 0 Å². The Balaban J connectivity index is 2.26. The molecule has 16 heavy (non-hydrogen) atoms. The van der Waals surface area contributed by atoms with Gasteiger partial charge in [0.15, 0.2) is 0 Å². The van der Waals surface area contributed by atoms with Crippen molar-refractivity contribution in [2.75, 3.05) is 33.4 Å². The first kappa shape index (κ1) is 12.9. The molecule has 1 amide bonds. The molecule has 0 saturated carbocycles. The van der Waals surface area contributed by atoms with Crippen molar-refractivity contribution in [2.24, 2.45) is 0 Å². The molecule has 1 fully saturated rings. The van der Waals surface area contributed by atoms with E-state index in [2.05, 4.69) is 5.32 Å². The zero-order valence-corrected chi connectivity index (χ0v) is 9.44. The topological polar surface area (TPSA) is 78.9 Å². The molecule has 0 aromatic carbocycles. The molecule has 1 saturated heterocycles. The monoisotopic (exact) mass is 230 g/mol. The summed E-state index contributed by atoms with van der Waals surface area (Å²) in [4.78, 5) is 23.7. The number of ether oxygens (including phenoxy) is 1. The molecule has 1 aliphatic rings. The Morgan fingerprint density at radius 3 is 2.88 bits per heavy atom. The molecule has 6 heteroatoms. The summed E-state index contributed by atoms with van der Waals surface area (Å²) in [5.41, 5.74) is 0. The summed E-state index contributed by atoms with van der Waals surface area (Å²) in [6.07, 6.45) is 0.567. The van der Waals surface area contributed by atoms with Crippen LogP contribution >= 0.6 is 0 Å². The normalized spacial score (nSPS) is 20.4. The summed E-state index contributed by atoms with van der Waals surface area (Å²) in [6.45, 7) is 2.16. The van der Waals surface area contributed by atoms with Crippen LogP contribution in [0.15, 0.2) is 0 Å². The second-order valence-corrected chi connectivity index (χ2v) is 3.84. The van der Waals surface area contributed by atoms with Crippen molar-refractivity contribution in [1.29, 1.82) is 0 Å². The summed E-state index contributed by atoms with van der Waals surface area (Å²) in [5, 5.41) is 11.5. The fourth-order valence-corrected chi connectivity index (χ4v) is 1.57. The van der Waals surface area contributed by atoms with Crippen molar-refractivity contribution in [2.45, 2.75) is 18.9 Å². The van der Waals surface area contributed by atoms with Gasteiger partial charge in [0, 0.05) is 26.6 Å². The molecular weight excluding hydrogens is 212 g/mol. The van der Waals surface area contributed by atoms with Gasteiger partial charge < -0.3 is 20.1 Å². The Labute approximate surface area is 94.6 Å². The van der Waals surface area contributed by atoms with Crippen molar-refractivity contribution in [1.82, 2.24) is 10.2 Å². The average Bonchev–Trinajstić information content (AvgIpc) is 2.28. The first-order valence-corrected chi connectivity index (χ1v) is 5.39. The van der Waals surface area contributed by atoms with Gasteiger partial charge in [0.05, 0.1) is 13.2 Å². The predicted molar refractivity (Wildman–Crippen MR) is 57.1 cm³/mol. The van der Waals surface area contributed by atoms with Gasteiger partial charge in [-0.1, -0.05) is 0 Å². The number of morpholine rings is 1. The fourth-order valence-electron chi connectivity index (χ4n) is 1.57. The summed E-state index contributed by atoms with van der Waals surface area (Å²) in [6, 6.07) is -0.288. The summed E-state index contributed by atoms with van der Waals surface area (Å²) in [5.74, 6) is -0.870. The third-order valence-electron chi connectivity index (χ3n) is 2.48. The summed E-state index contributed by atoms with van der Waals surface area (Å²) in [7, 11) is 1.68. The van der Waals surface area contributed by atoms with Gasteiger partial charge >= 0.3 is 5.97 Å². The lowest BCUT2D eigenvalue weighted by atomic mass is 10.2. The van der Waals surface area contributed by atoms with Gasteiger partial charge in [-0.05, 0) is 6.42 Å². The Hall–Kier alpha value is -1.14. The van der Waals surface area contributed by atoms with Crippen LogP contribution in [-0.2, 0) is 14.3 Å². The quantitative estimate of drug-likeness (QED) is 0.653. The van der Waals surface area contributed by atoms with Crippen LogP contribution in [0.3, 0.4) is 0 Å². The molecule has 0 aromatic rings. The van der Waals surface area contributed by atoms with E-state index in [1.165, 1.54) is 0 Å². The number of carboxylic acids is 1. The van der Waals surface area contributed by atoms with Crippen LogP contribution in [0.1, 0.15) is 12.8 Å². The van der Waals surface area contributed by atoms with E-state index in [1.807, 2.05) is 0 Å². The third-order valence-corrected chi connectivity index (χ3v) is 2.48. The molecule has 1 unspecified atom stereocenters. The number of likely N-dealkylation sites (N-methyl/N-ethyl adjacent to an activating group) is 1. The molecule has 1 atom stereocenters. The number of nitrogens with zero attached hydrogens (tertiary/aromatic N) is 1. The van der Waals surface area contributed by atoms with E-state index in [-0.39, 0.29) is 18.4 Å². The van der Waals surface area contributed by atoms with Gasteiger partial charge in [-0.15, -0.1) is 0 Å². The van der Waals surface area contributed by atoms with E-state index >= 15 is 0 Å². The summed E-state index contributed by atoms with van der Waals surface area (Å²) >= 11 is 0. The highest BCUT2D eigenvalue weighted by Gasteiger charge is 2.23.